The molecule has 0 bridgehead atoms. The third-order valence-corrected chi connectivity index (χ3v) is 4.61. The normalized spacial score (nSPS) is 11.2. The lowest BCUT2D eigenvalue weighted by atomic mass is 10.2. The molecule has 0 aliphatic heterocycles. The van der Waals surface area contributed by atoms with Gasteiger partial charge in [-0.15, -0.1) is 11.3 Å². The van der Waals surface area contributed by atoms with Gasteiger partial charge >= 0.3 is 0 Å². The molecule has 0 unspecified atom stereocenters. The highest BCUT2D eigenvalue weighted by atomic mass is 32.1. The molecule has 3 N–H and O–H groups in total. The Morgan fingerprint density at radius 3 is 2.54 bits per heavy atom. The number of thiophene rings is 1. The van der Waals surface area contributed by atoms with E-state index in [-0.39, 0.29) is 5.91 Å². The lowest BCUT2D eigenvalue weighted by Gasteiger charge is -2.11. The van der Waals surface area contributed by atoms with Gasteiger partial charge in [0.05, 0.1) is 6.54 Å². The number of aliphatic imine (C=N–C) groups is 1. The highest BCUT2D eigenvalue weighted by molar-refractivity contribution is 7.10. The number of benzene rings is 1. The molecule has 0 fully saturated rings. The molecule has 2 aromatic rings. The van der Waals surface area contributed by atoms with E-state index in [4.69, 9.17) is 0 Å². The minimum absolute atomic E-state index is 0.0240. The summed E-state index contributed by atoms with van der Waals surface area (Å²) in [6, 6.07) is 12.0. The smallest absolute Gasteiger partial charge is 0.222 e. The summed E-state index contributed by atoms with van der Waals surface area (Å²) < 4.78 is 0. The van der Waals surface area contributed by atoms with Crippen molar-refractivity contribution < 1.29 is 4.79 Å². The molecule has 1 aromatic carbocycles. The number of carbonyl (C=O) groups excluding carboxylic acids is 1. The Kier molecular flexibility index (Phi) is 7.29. The second kappa shape index (κ2) is 9.72. The van der Waals surface area contributed by atoms with Gasteiger partial charge in [-0.05, 0) is 29.5 Å². The zero-order chi connectivity index (χ0) is 17.2. The van der Waals surface area contributed by atoms with Crippen molar-refractivity contribution in [3.05, 3.63) is 57.8 Å². The molecule has 0 saturated carbocycles. The first-order valence-electron chi connectivity index (χ1n) is 7.97. The van der Waals surface area contributed by atoms with Crippen LogP contribution < -0.4 is 16.0 Å². The van der Waals surface area contributed by atoms with E-state index in [2.05, 4.69) is 39.3 Å². The molecular formula is C18H24N4OS. The first-order chi connectivity index (χ1) is 11.7. The summed E-state index contributed by atoms with van der Waals surface area (Å²) in [5.41, 5.74) is 2.38. The largest absolute Gasteiger partial charge is 0.356 e. The predicted octanol–water partition coefficient (Wildman–Crippen LogP) is 2.43. The summed E-state index contributed by atoms with van der Waals surface area (Å²) in [4.78, 5) is 17.3. The highest BCUT2D eigenvalue weighted by Gasteiger charge is 2.04. The van der Waals surface area contributed by atoms with Crippen molar-refractivity contribution in [2.24, 2.45) is 4.99 Å². The van der Waals surface area contributed by atoms with Crippen molar-refractivity contribution >= 4 is 23.2 Å². The van der Waals surface area contributed by atoms with Gasteiger partial charge in [-0.25, -0.2) is 0 Å². The predicted molar refractivity (Wildman–Crippen MR) is 100 cm³/mol. The second-order valence-electron chi connectivity index (χ2n) is 5.39. The zero-order valence-electron chi connectivity index (χ0n) is 14.1. The van der Waals surface area contributed by atoms with Crippen LogP contribution in [-0.2, 0) is 17.9 Å². The van der Waals surface area contributed by atoms with E-state index in [0.29, 0.717) is 25.5 Å². The third kappa shape index (κ3) is 6.04. The molecule has 0 saturated heterocycles. The number of hydrogen-bond acceptors (Lipinski definition) is 3. The maximum Gasteiger partial charge on any atom is 0.222 e. The fraction of sp³-hybridized carbons (Fsp3) is 0.333. The van der Waals surface area contributed by atoms with E-state index in [1.165, 1.54) is 10.4 Å². The molecule has 1 amide bonds. The van der Waals surface area contributed by atoms with Crippen LogP contribution in [0.4, 0.5) is 0 Å². The first-order valence-corrected chi connectivity index (χ1v) is 8.85. The van der Waals surface area contributed by atoms with E-state index in [1.54, 1.807) is 18.4 Å². The van der Waals surface area contributed by atoms with Gasteiger partial charge in [-0.3, -0.25) is 9.79 Å². The number of hydrogen-bond donors (Lipinski definition) is 3. The molecule has 1 aromatic heterocycles. The number of rotatable bonds is 7. The topological polar surface area (TPSA) is 65.5 Å². The lowest BCUT2D eigenvalue weighted by Crippen LogP contribution is -2.38. The van der Waals surface area contributed by atoms with Gasteiger partial charge in [0.15, 0.2) is 5.96 Å². The summed E-state index contributed by atoms with van der Waals surface area (Å²) in [5, 5.41) is 11.4. The Morgan fingerprint density at radius 1 is 1.08 bits per heavy atom. The number of aryl methyl sites for hydroxylation is 1. The molecule has 0 atom stereocenters. The maximum atomic E-state index is 11.9. The van der Waals surface area contributed by atoms with Crippen molar-refractivity contribution in [1.29, 1.82) is 0 Å². The Hall–Kier alpha value is -2.34. The second-order valence-corrected chi connectivity index (χ2v) is 6.39. The van der Waals surface area contributed by atoms with Crippen LogP contribution in [0.1, 0.15) is 22.4 Å². The van der Waals surface area contributed by atoms with E-state index in [9.17, 15) is 4.79 Å². The SMILES string of the molecule is CN=C(NCCC(=O)NCc1ccccc1)NCc1sccc1C. The van der Waals surface area contributed by atoms with Gasteiger partial charge in [-0.1, -0.05) is 30.3 Å². The Balaban J connectivity index is 1.64. The standard InChI is InChI=1S/C18H24N4OS/c1-14-9-11-24-16(14)13-22-18(19-2)20-10-8-17(23)21-12-15-6-4-3-5-7-15/h3-7,9,11H,8,10,12-13H2,1-2H3,(H,21,23)(H2,19,20,22). The molecule has 0 aliphatic rings. The molecule has 24 heavy (non-hydrogen) atoms. The van der Waals surface area contributed by atoms with Crippen molar-refractivity contribution in [3.63, 3.8) is 0 Å². The van der Waals surface area contributed by atoms with Crippen LogP contribution in [0.5, 0.6) is 0 Å². The van der Waals surface area contributed by atoms with Gasteiger partial charge in [-0.2, -0.15) is 0 Å². The molecule has 5 nitrogen and oxygen atoms in total. The average molecular weight is 344 g/mol. The van der Waals surface area contributed by atoms with Crippen molar-refractivity contribution in [2.75, 3.05) is 13.6 Å². The van der Waals surface area contributed by atoms with Gasteiger partial charge in [0, 0.05) is 31.4 Å². The van der Waals surface area contributed by atoms with Crippen LogP contribution >= 0.6 is 11.3 Å². The lowest BCUT2D eigenvalue weighted by molar-refractivity contribution is -0.121. The summed E-state index contributed by atoms with van der Waals surface area (Å²) in [6.07, 6.45) is 0.408. The highest BCUT2D eigenvalue weighted by Crippen LogP contribution is 2.14. The van der Waals surface area contributed by atoms with Crippen LogP contribution in [-0.4, -0.2) is 25.5 Å². The molecule has 128 valence electrons. The van der Waals surface area contributed by atoms with Crippen molar-refractivity contribution in [1.82, 2.24) is 16.0 Å². The zero-order valence-corrected chi connectivity index (χ0v) is 15.0. The molecule has 6 heteroatoms. The van der Waals surface area contributed by atoms with E-state index >= 15 is 0 Å². The Morgan fingerprint density at radius 2 is 1.88 bits per heavy atom. The van der Waals surface area contributed by atoms with Crippen LogP contribution in [0, 0.1) is 6.92 Å². The molecule has 1 heterocycles. The fourth-order valence-electron chi connectivity index (χ4n) is 2.15. The van der Waals surface area contributed by atoms with Gasteiger partial charge in [0.25, 0.3) is 0 Å². The molecule has 0 spiro atoms. The fourth-order valence-corrected chi connectivity index (χ4v) is 3.00. The molecule has 0 aliphatic carbocycles. The van der Waals surface area contributed by atoms with Gasteiger partial charge < -0.3 is 16.0 Å². The van der Waals surface area contributed by atoms with Crippen molar-refractivity contribution in [3.8, 4) is 0 Å². The third-order valence-electron chi connectivity index (χ3n) is 3.59. The first kappa shape index (κ1) is 18.0. The van der Waals surface area contributed by atoms with E-state index in [1.807, 2.05) is 30.3 Å². The summed E-state index contributed by atoms with van der Waals surface area (Å²) in [6.45, 7) is 3.94. The van der Waals surface area contributed by atoms with E-state index in [0.717, 1.165) is 12.1 Å². The van der Waals surface area contributed by atoms with Crippen LogP contribution in [0.2, 0.25) is 0 Å². The van der Waals surface area contributed by atoms with Gasteiger partial charge in [0.2, 0.25) is 5.91 Å². The summed E-state index contributed by atoms with van der Waals surface area (Å²) in [5.74, 6) is 0.731. The minimum atomic E-state index is 0.0240. The van der Waals surface area contributed by atoms with Gasteiger partial charge in [0.1, 0.15) is 0 Å². The maximum absolute atomic E-state index is 11.9. The Labute approximate surface area is 147 Å². The number of nitrogens with zero attached hydrogens (tertiary/aromatic N) is 1. The summed E-state index contributed by atoms with van der Waals surface area (Å²) in [7, 11) is 1.73. The quantitative estimate of drug-likeness (QED) is 0.534. The molecule has 0 radical (unpaired) electrons. The van der Waals surface area contributed by atoms with Crippen LogP contribution in [0.3, 0.4) is 0 Å². The summed E-state index contributed by atoms with van der Waals surface area (Å²) >= 11 is 1.73. The monoisotopic (exact) mass is 344 g/mol. The average Bonchev–Trinajstić information content (AvgIpc) is 3.02. The van der Waals surface area contributed by atoms with Crippen molar-refractivity contribution in [2.45, 2.75) is 26.4 Å². The minimum Gasteiger partial charge on any atom is -0.356 e. The number of nitrogens with one attached hydrogen (secondary N) is 3. The number of amides is 1. The van der Waals surface area contributed by atoms with E-state index < -0.39 is 0 Å². The number of carbonyl (C=O) groups is 1. The number of guanidine groups is 1. The molecule has 2 rings (SSSR count). The molecular weight excluding hydrogens is 320 g/mol. The Bertz CT molecular complexity index is 667. The van der Waals surface area contributed by atoms with Crippen LogP contribution in [0.15, 0.2) is 46.8 Å². The van der Waals surface area contributed by atoms with Crippen LogP contribution in [0.25, 0.3) is 0 Å².